The van der Waals surface area contributed by atoms with Gasteiger partial charge in [-0.2, -0.15) is 0 Å². The summed E-state index contributed by atoms with van der Waals surface area (Å²) in [4.78, 5) is 22.4. The summed E-state index contributed by atoms with van der Waals surface area (Å²) in [6.45, 7) is 3.81. The van der Waals surface area contributed by atoms with Gasteiger partial charge >= 0.3 is 0 Å². The average molecular weight is 529 g/mol. The van der Waals surface area contributed by atoms with Crippen molar-refractivity contribution in [3.05, 3.63) is 67.9 Å². The third-order valence-corrected chi connectivity index (χ3v) is 8.10. The highest BCUT2D eigenvalue weighted by molar-refractivity contribution is 9.10. The normalized spacial score (nSPS) is 21.4. The van der Waals surface area contributed by atoms with Gasteiger partial charge in [-0.25, -0.2) is 0 Å². The van der Waals surface area contributed by atoms with E-state index in [9.17, 15) is 4.79 Å². The maximum absolute atomic E-state index is 13.0. The van der Waals surface area contributed by atoms with Crippen molar-refractivity contribution in [2.24, 2.45) is 5.92 Å². The summed E-state index contributed by atoms with van der Waals surface area (Å²) in [6, 6.07) is 8.47. The van der Waals surface area contributed by atoms with Crippen LogP contribution in [-0.4, -0.2) is 53.9 Å². The number of likely N-dealkylation sites (tertiary alicyclic amines) is 2. The zero-order valence-electron chi connectivity index (χ0n) is 19.2. The van der Waals surface area contributed by atoms with Crippen molar-refractivity contribution in [1.29, 1.82) is 0 Å². The van der Waals surface area contributed by atoms with Crippen molar-refractivity contribution in [3.8, 4) is 0 Å². The Bertz CT molecular complexity index is 1030. The van der Waals surface area contributed by atoms with Crippen LogP contribution in [0.3, 0.4) is 0 Å². The quantitative estimate of drug-likeness (QED) is 0.498. The van der Waals surface area contributed by atoms with Gasteiger partial charge in [0.2, 0.25) is 5.91 Å². The number of aryl methyl sites for hydroxylation is 2. The van der Waals surface area contributed by atoms with E-state index in [1.807, 2.05) is 12.3 Å². The van der Waals surface area contributed by atoms with E-state index in [2.05, 4.69) is 51.0 Å². The lowest BCUT2D eigenvalue weighted by molar-refractivity contribution is -0.133. The Morgan fingerprint density at radius 3 is 2.70 bits per heavy atom. The van der Waals surface area contributed by atoms with E-state index in [0.29, 0.717) is 18.2 Å². The van der Waals surface area contributed by atoms with E-state index < -0.39 is 0 Å². The first-order chi connectivity index (χ1) is 16.0. The second-order valence-corrected chi connectivity index (χ2v) is 11.1. The summed E-state index contributed by atoms with van der Waals surface area (Å²) in [5.41, 5.74) is 7.60. The first-order valence-electron chi connectivity index (χ1n) is 12.1. The zero-order chi connectivity index (χ0) is 22.9. The smallest absolute Gasteiger partial charge is 0.222 e. The number of hydrogen-bond donors (Lipinski definition) is 0. The highest BCUT2D eigenvalue weighted by atomic mass is 79.9. The Morgan fingerprint density at radius 2 is 1.91 bits per heavy atom. The molecule has 0 bridgehead atoms. The van der Waals surface area contributed by atoms with Gasteiger partial charge in [-0.15, -0.1) is 0 Å². The van der Waals surface area contributed by atoms with Crippen LogP contribution in [0.15, 0.2) is 40.5 Å². The Balaban J connectivity index is 1.40. The zero-order valence-corrected chi connectivity index (χ0v) is 21.6. The number of halogens is 2. The molecule has 1 aromatic carbocycles. The van der Waals surface area contributed by atoms with Crippen LogP contribution in [0.4, 0.5) is 0 Å². The maximum Gasteiger partial charge on any atom is 0.222 e. The average Bonchev–Trinajstić information content (AvgIpc) is 2.95. The number of amides is 1. The van der Waals surface area contributed by atoms with Gasteiger partial charge < -0.3 is 9.80 Å². The fourth-order valence-electron chi connectivity index (χ4n) is 5.76. The number of aromatic nitrogens is 1. The molecule has 2 aliphatic heterocycles. The number of fused-ring (bicyclic) bond motifs is 2. The Kier molecular flexibility index (Phi) is 6.91. The van der Waals surface area contributed by atoms with Gasteiger partial charge in [0.25, 0.3) is 0 Å². The minimum Gasteiger partial charge on any atom is -0.342 e. The van der Waals surface area contributed by atoms with Crippen LogP contribution >= 0.6 is 27.5 Å². The Hall–Kier alpha value is -1.69. The van der Waals surface area contributed by atoms with Crippen molar-refractivity contribution in [3.63, 3.8) is 0 Å². The van der Waals surface area contributed by atoms with Gasteiger partial charge in [0.1, 0.15) is 0 Å². The second kappa shape index (κ2) is 9.89. The molecule has 2 fully saturated rings. The molecule has 0 radical (unpaired) electrons. The van der Waals surface area contributed by atoms with E-state index in [-0.39, 0.29) is 0 Å². The number of piperidine rings is 2. The van der Waals surface area contributed by atoms with Gasteiger partial charge in [-0.3, -0.25) is 9.78 Å². The van der Waals surface area contributed by atoms with E-state index in [1.54, 1.807) is 0 Å². The number of nitrogens with zero attached hydrogens (tertiary/aromatic N) is 3. The minimum atomic E-state index is 0.329. The van der Waals surface area contributed by atoms with Crippen LogP contribution in [0.25, 0.3) is 5.57 Å². The first kappa shape index (κ1) is 23.1. The van der Waals surface area contributed by atoms with Crippen LogP contribution in [0.2, 0.25) is 5.02 Å². The predicted molar refractivity (Wildman–Crippen MR) is 137 cm³/mol. The Labute approximate surface area is 210 Å². The summed E-state index contributed by atoms with van der Waals surface area (Å²) in [5, 5.41) is 0.784. The van der Waals surface area contributed by atoms with Gasteiger partial charge in [0.05, 0.1) is 5.69 Å². The fourth-order valence-corrected chi connectivity index (χ4v) is 6.33. The number of carbonyl (C=O) groups excluding carboxylic acids is 1. The molecule has 174 valence electrons. The number of benzene rings is 1. The molecule has 3 heterocycles. The molecule has 4 nitrogen and oxygen atoms in total. The lowest BCUT2D eigenvalue weighted by Crippen LogP contribution is -2.40. The molecule has 1 aromatic heterocycles. The molecule has 0 saturated carbocycles. The van der Waals surface area contributed by atoms with E-state index in [4.69, 9.17) is 16.6 Å². The summed E-state index contributed by atoms with van der Waals surface area (Å²) in [7, 11) is 2.16. The SMILES string of the molecule is CN1CCCC(CC(=O)N2CCC(=C3c4ccc(Cl)cc4CCc4cc(Br)cnc43)CC2)C1. The summed E-state index contributed by atoms with van der Waals surface area (Å²) >= 11 is 9.96. The largest absolute Gasteiger partial charge is 0.342 e. The summed E-state index contributed by atoms with van der Waals surface area (Å²) in [5.74, 6) is 0.832. The van der Waals surface area contributed by atoms with E-state index in [1.165, 1.54) is 40.7 Å². The highest BCUT2D eigenvalue weighted by Gasteiger charge is 2.28. The van der Waals surface area contributed by atoms with Crippen LogP contribution in [0.5, 0.6) is 0 Å². The number of carbonyl (C=O) groups is 1. The molecule has 6 heteroatoms. The third kappa shape index (κ3) is 5.06. The number of rotatable bonds is 2. The molecular formula is C27H31BrClN3O. The molecule has 1 amide bonds. The summed E-state index contributed by atoms with van der Waals surface area (Å²) in [6.07, 6.45) is 8.70. The van der Waals surface area contributed by atoms with Crippen LogP contribution < -0.4 is 0 Å². The molecular weight excluding hydrogens is 498 g/mol. The molecule has 5 rings (SSSR count). The molecule has 0 N–H and O–H groups in total. The predicted octanol–water partition coefficient (Wildman–Crippen LogP) is 5.75. The Morgan fingerprint density at radius 1 is 1.12 bits per heavy atom. The molecule has 2 saturated heterocycles. The van der Waals surface area contributed by atoms with Crippen molar-refractivity contribution in [2.45, 2.75) is 44.9 Å². The minimum absolute atomic E-state index is 0.329. The van der Waals surface area contributed by atoms with Crippen LogP contribution in [0, 0.1) is 5.92 Å². The van der Waals surface area contributed by atoms with Crippen molar-refractivity contribution in [2.75, 3.05) is 33.2 Å². The number of hydrogen-bond acceptors (Lipinski definition) is 3. The standard InChI is InChI=1S/C27H31BrClN3O/c1-31-10-2-3-18(17-31)13-25(33)32-11-8-19(9-12-32)26-24-7-6-23(29)15-20(24)4-5-21-14-22(28)16-30-27(21)26/h6-7,14-16,18H,2-5,8-13,17H2,1H3. The van der Waals surface area contributed by atoms with Gasteiger partial charge in [-0.1, -0.05) is 23.2 Å². The van der Waals surface area contributed by atoms with Crippen molar-refractivity contribution in [1.82, 2.24) is 14.8 Å². The van der Waals surface area contributed by atoms with Crippen molar-refractivity contribution < 1.29 is 4.79 Å². The van der Waals surface area contributed by atoms with Crippen LogP contribution in [-0.2, 0) is 17.6 Å². The summed E-state index contributed by atoms with van der Waals surface area (Å²) < 4.78 is 1.02. The molecule has 1 aliphatic carbocycles. The van der Waals surface area contributed by atoms with E-state index >= 15 is 0 Å². The lowest BCUT2D eigenvalue weighted by atomic mass is 9.88. The van der Waals surface area contributed by atoms with Crippen molar-refractivity contribution >= 4 is 39.0 Å². The third-order valence-electron chi connectivity index (χ3n) is 7.43. The maximum atomic E-state index is 13.0. The number of pyridine rings is 1. The second-order valence-electron chi connectivity index (χ2n) is 9.80. The topological polar surface area (TPSA) is 36.4 Å². The first-order valence-corrected chi connectivity index (χ1v) is 13.3. The molecule has 1 unspecified atom stereocenters. The van der Waals surface area contributed by atoms with Gasteiger partial charge in [-0.05, 0) is 109 Å². The monoisotopic (exact) mass is 527 g/mol. The highest BCUT2D eigenvalue weighted by Crippen LogP contribution is 2.39. The van der Waals surface area contributed by atoms with Gasteiger partial charge in [0, 0.05) is 47.3 Å². The molecule has 3 aliphatic rings. The molecule has 33 heavy (non-hydrogen) atoms. The lowest BCUT2D eigenvalue weighted by Gasteiger charge is -2.34. The molecule has 1 atom stereocenters. The van der Waals surface area contributed by atoms with E-state index in [0.717, 1.165) is 67.1 Å². The fraction of sp³-hybridized carbons (Fsp3) is 0.481. The molecule has 2 aromatic rings. The molecule has 0 spiro atoms. The van der Waals surface area contributed by atoms with Gasteiger partial charge in [0.15, 0.2) is 0 Å². The van der Waals surface area contributed by atoms with Crippen LogP contribution in [0.1, 0.15) is 54.5 Å².